The van der Waals surface area contributed by atoms with E-state index in [1.54, 1.807) is 37.3 Å². The zero-order valence-electron chi connectivity index (χ0n) is 15.4. The Morgan fingerprint density at radius 3 is 2.71 bits per heavy atom. The summed E-state index contributed by atoms with van der Waals surface area (Å²) in [6.07, 6.45) is 1.38. The van der Waals surface area contributed by atoms with Crippen LogP contribution in [0.15, 0.2) is 36.7 Å². The van der Waals surface area contributed by atoms with Gasteiger partial charge in [0.05, 0.1) is 11.2 Å². The van der Waals surface area contributed by atoms with E-state index in [0.29, 0.717) is 47.0 Å². The molecule has 1 aliphatic heterocycles. The van der Waals surface area contributed by atoms with E-state index < -0.39 is 11.8 Å². The first-order valence-corrected chi connectivity index (χ1v) is 8.75. The fourth-order valence-electron chi connectivity index (χ4n) is 3.03. The summed E-state index contributed by atoms with van der Waals surface area (Å²) in [6.45, 7) is 3.66. The summed E-state index contributed by atoms with van der Waals surface area (Å²) in [6, 6.07) is 8.52. The van der Waals surface area contributed by atoms with Gasteiger partial charge in [-0.15, -0.1) is 0 Å². The highest BCUT2D eigenvalue weighted by atomic mass is 19.1. The van der Waals surface area contributed by atoms with Crippen molar-refractivity contribution in [3.8, 4) is 11.5 Å². The monoisotopic (exact) mass is 383 g/mol. The van der Waals surface area contributed by atoms with Crippen LogP contribution in [-0.4, -0.2) is 35.9 Å². The van der Waals surface area contributed by atoms with Gasteiger partial charge in [0.15, 0.2) is 18.2 Å². The third-order valence-corrected chi connectivity index (χ3v) is 4.39. The van der Waals surface area contributed by atoms with Crippen LogP contribution in [0.3, 0.4) is 0 Å². The lowest BCUT2D eigenvalue weighted by molar-refractivity contribution is -0.140. The molecule has 7 nitrogen and oxygen atoms in total. The van der Waals surface area contributed by atoms with Gasteiger partial charge >= 0.3 is 5.97 Å². The molecule has 2 aromatic carbocycles. The van der Waals surface area contributed by atoms with Crippen molar-refractivity contribution in [3.05, 3.63) is 48.0 Å². The fourth-order valence-corrected chi connectivity index (χ4v) is 3.03. The molecule has 4 rings (SSSR count). The number of halogens is 1. The van der Waals surface area contributed by atoms with Crippen molar-refractivity contribution in [2.45, 2.75) is 13.8 Å². The highest BCUT2D eigenvalue weighted by molar-refractivity contribution is 5.94. The molecule has 0 atom stereocenters. The number of fused-ring (bicyclic) bond motifs is 2. The minimum atomic E-state index is -0.481. The van der Waals surface area contributed by atoms with Gasteiger partial charge < -0.3 is 14.2 Å². The molecule has 0 amide bonds. The predicted molar refractivity (Wildman–Crippen MR) is 100 cm³/mol. The number of ether oxygens (including phenoxy) is 3. The molecule has 0 radical (unpaired) electrons. The van der Waals surface area contributed by atoms with Crippen LogP contribution in [0.1, 0.15) is 12.5 Å². The quantitative estimate of drug-likeness (QED) is 0.504. The van der Waals surface area contributed by atoms with Gasteiger partial charge in [0.1, 0.15) is 31.2 Å². The molecule has 0 aliphatic carbocycles. The van der Waals surface area contributed by atoms with E-state index in [9.17, 15) is 9.18 Å². The van der Waals surface area contributed by atoms with Crippen LogP contribution in [0.25, 0.3) is 10.9 Å². The Morgan fingerprint density at radius 2 is 1.96 bits per heavy atom. The average molecular weight is 383 g/mol. The first-order chi connectivity index (χ1) is 13.5. The van der Waals surface area contributed by atoms with E-state index in [0.717, 1.165) is 0 Å². The normalized spacial score (nSPS) is 12.7. The van der Waals surface area contributed by atoms with Crippen molar-refractivity contribution < 1.29 is 23.4 Å². The molecule has 0 fully saturated rings. The second-order valence-electron chi connectivity index (χ2n) is 6.31. The van der Waals surface area contributed by atoms with E-state index in [-0.39, 0.29) is 12.4 Å². The van der Waals surface area contributed by atoms with Crippen LogP contribution < -0.4 is 14.4 Å². The van der Waals surface area contributed by atoms with Crippen LogP contribution in [0.2, 0.25) is 0 Å². The molecule has 0 unspecified atom stereocenters. The Bertz CT molecular complexity index is 1060. The molecule has 0 spiro atoms. The Kier molecular flexibility index (Phi) is 4.68. The number of rotatable bonds is 4. The lowest BCUT2D eigenvalue weighted by Crippen LogP contribution is -2.25. The number of carbonyl (C=O) groups is 1. The van der Waals surface area contributed by atoms with Crippen LogP contribution in [-0.2, 0) is 9.53 Å². The molecule has 3 aromatic rings. The predicted octanol–water partition coefficient (Wildman–Crippen LogP) is 3.51. The Morgan fingerprint density at radius 1 is 1.21 bits per heavy atom. The van der Waals surface area contributed by atoms with Crippen molar-refractivity contribution in [2.75, 3.05) is 24.8 Å². The Labute approximate surface area is 160 Å². The number of aromatic nitrogens is 2. The van der Waals surface area contributed by atoms with Crippen LogP contribution in [0, 0.1) is 12.7 Å². The molecule has 144 valence electrons. The van der Waals surface area contributed by atoms with Crippen molar-refractivity contribution in [1.82, 2.24) is 9.97 Å². The summed E-state index contributed by atoms with van der Waals surface area (Å²) < 4.78 is 31.3. The number of anilines is 2. The SMILES string of the molecule is CC(=O)OCN(c1cccc(C)c1F)c1ncnc2cc3c(cc12)OCCO3. The number of aryl methyl sites for hydroxylation is 1. The third kappa shape index (κ3) is 3.28. The molecule has 0 N–H and O–H groups in total. The smallest absolute Gasteiger partial charge is 0.304 e. The summed E-state index contributed by atoms with van der Waals surface area (Å²) in [4.78, 5) is 21.5. The van der Waals surface area contributed by atoms with Crippen LogP contribution in [0.4, 0.5) is 15.9 Å². The van der Waals surface area contributed by atoms with Crippen LogP contribution >= 0.6 is 0 Å². The number of nitrogens with zero attached hydrogens (tertiary/aromatic N) is 3. The zero-order chi connectivity index (χ0) is 19.7. The van der Waals surface area contributed by atoms with Crippen molar-refractivity contribution >= 4 is 28.4 Å². The maximum absolute atomic E-state index is 14.9. The Hall–Kier alpha value is -3.42. The van der Waals surface area contributed by atoms with Gasteiger partial charge in [-0.3, -0.25) is 9.69 Å². The first-order valence-electron chi connectivity index (χ1n) is 8.75. The lowest BCUT2D eigenvalue weighted by atomic mass is 10.1. The van der Waals surface area contributed by atoms with Crippen LogP contribution in [0.5, 0.6) is 11.5 Å². The summed E-state index contributed by atoms with van der Waals surface area (Å²) in [5, 5.41) is 0.625. The maximum atomic E-state index is 14.9. The summed E-state index contributed by atoms with van der Waals surface area (Å²) in [7, 11) is 0. The van der Waals surface area contributed by atoms with E-state index >= 15 is 0 Å². The Balaban J connectivity index is 1.89. The molecule has 0 bridgehead atoms. The van der Waals surface area contributed by atoms with Crippen molar-refractivity contribution in [3.63, 3.8) is 0 Å². The third-order valence-electron chi connectivity index (χ3n) is 4.39. The lowest BCUT2D eigenvalue weighted by Gasteiger charge is -2.26. The number of hydrogen-bond acceptors (Lipinski definition) is 7. The molecule has 2 heterocycles. The molecule has 1 aromatic heterocycles. The van der Waals surface area contributed by atoms with E-state index in [1.807, 2.05) is 0 Å². The van der Waals surface area contributed by atoms with Crippen molar-refractivity contribution in [2.24, 2.45) is 0 Å². The minimum absolute atomic E-state index is 0.198. The van der Waals surface area contributed by atoms with E-state index in [2.05, 4.69) is 9.97 Å². The minimum Gasteiger partial charge on any atom is -0.486 e. The molecular weight excluding hydrogens is 365 g/mol. The number of carbonyl (C=O) groups excluding carboxylic acids is 1. The van der Waals surface area contributed by atoms with E-state index in [1.165, 1.54) is 18.2 Å². The van der Waals surface area contributed by atoms with Gasteiger partial charge in [-0.05, 0) is 24.6 Å². The first kappa shape index (κ1) is 18.0. The standard InChI is InChI=1S/C20H18FN3O4/c1-12-4-3-5-16(19(12)21)24(11-28-13(2)25)20-14-8-17-18(27-7-6-26-17)9-15(14)22-10-23-20/h3-5,8-10H,6-7,11H2,1-2H3. The summed E-state index contributed by atoms with van der Waals surface area (Å²) in [5.74, 6) is 0.654. The average Bonchev–Trinajstić information content (AvgIpc) is 2.69. The highest BCUT2D eigenvalue weighted by Crippen LogP contribution is 2.38. The summed E-state index contributed by atoms with van der Waals surface area (Å²) >= 11 is 0. The number of benzene rings is 2. The second kappa shape index (κ2) is 7.30. The maximum Gasteiger partial charge on any atom is 0.304 e. The zero-order valence-corrected chi connectivity index (χ0v) is 15.4. The second-order valence-corrected chi connectivity index (χ2v) is 6.31. The molecule has 0 saturated heterocycles. The number of esters is 1. The van der Waals surface area contributed by atoms with Gasteiger partial charge in [0.2, 0.25) is 0 Å². The van der Waals surface area contributed by atoms with Gasteiger partial charge in [0, 0.05) is 18.4 Å². The fraction of sp³-hybridized carbons (Fsp3) is 0.250. The molecule has 28 heavy (non-hydrogen) atoms. The van der Waals surface area contributed by atoms with Gasteiger partial charge in [-0.2, -0.15) is 0 Å². The molecule has 0 saturated carbocycles. The molecule has 8 heteroatoms. The highest BCUT2D eigenvalue weighted by Gasteiger charge is 2.22. The van der Waals surface area contributed by atoms with Crippen molar-refractivity contribution in [1.29, 1.82) is 0 Å². The largest absolute Gasteiger partial charge is 0.486 e. The summed E-state index contributed by atoms with van der Waals surface area (Å²) in [5.41, 5.74) is 1.32. The molecule has 1 aliphatic rings. The number of hydrogen-bond donors (Lipinski definition) is 0. The molecular formula is C20H18FN3O4. The van der Waals surface area contributed by atoms with Gasteiger partial charge in [-0.25, -0.2) is 14.4 Å². The van der Waals surface area contributed by atoms with Gasteiger partial charge in [0.25, 0.3) is 0 Å². The topological polar surface area (TPSA) is 73.8 Å². The van der Waals surface area contributed by atoms with Gasteiger partial charge in [-0.1, -0.05) is 12.1 Å². The van der Waals surface area contributed by atoms with E-state index in [4.69, 9.17) is 14.2 Å².